The fourth-order valence-corrected chi connectivity index (χ4v) is 2.52. The summed E-state index contributed by atoms with van der Waals surface area (Å²) in [6.07, 6.45) is 0.845. The first-order valence-electron chi connectivity index (χ1n) is 6.06. The third-order valence-corrected chi connectivity index (χ3v) is 3.95. The predicted molar refractivity (Wildman–Crippen MR) is 77.2 cm³/mol. The number of rotatable bonds is 5. The van der Waals surface area contributed by atoms with Crippen LogP contribution in [0.2, 0.25) is 0 Å². The number of aryl methyl sites for hydroxylation is 2. The van der Waals surface area contributed by atoms with Crippen molar-refractivity contribution in [2.45, 2.75) is 20.3 Å². The van der Waals surface area contributed by atoms with Gasteiger partial charge in [0.05, 0.1) is 11.3 Å². The number of aromatic carboxylic acids is 1. The molecule has 0 unspecified atom stereocenters. The summed E-state index contributed by atoms with van der Waals surface area (Å²) in [5.41, 5.74) is 2.50. The number of aromatic nitrogens is 1. The molecule has 2 rings (SSSR count). The van der Waals surface area contributed by atoms with Crippen LogP contribution in [0.4, 0.5) is 5.13 Å². The highest BCUT2D eigenvalue weighted by Gasteiger charge is 2.04. The lowest BCUT2D eigenvalue weighted by Crippen LogP contribution is -2.05. The lowest BCUT2D eigenvalue weighted by molar-refractivity contribution is 0.0697. The summed E-state index contributed by atoms with van der Waals surface area (Å²) < 4.78 is 0. The van der Waals surface area contributed by atoms with E-state index < -0.39 is 5.97 Å². The van der Waals surface area contributed by atoms with Crippen molar-refractivity contribution < 1.29 is 9.90 Å². The Labute approximate surface area is 116 Å². The van der Waals surface area contributed by atoms with Gasteiger partial charge in [0.2, 0.25) is 0 Å². The lowest BCUT2D eigenvalue weighted by Gasteiger charge is -2.03. The first-order valence-corrected chi connectivity index (χ1v) is 6.88. The molecule has 0 saturated heterocycles. The predicted octanol–water partition coefficient (Wildman–Crippen LogP) is 3.11. The lowest BCUT2D eigenvalue weighted by atomic mass is 10.1. The Bertz CT molecular complexity index is 556. The third kappa shape index (κ3) is 3.54. The van der Waals surface area contributed by atoms with E-state index >= 15 is 0 Å². The minimum atomic E-state index is -0.890. The summed E-state index contributed by atoms with van der Waals surface area (Å²) in [6.45, 7) is 4.85. The first kappa shape index (κ1) is 13.5. The Balaban J connectivity index is 1.87. The Morgan fingerprint density at radius 3 is 2.53 bits per heavy atom. The van der Waals surface area contributed by atoms with Gasteiger partial charge in [-0.1, -0.05) is 12.1 Å². The van der Waals surface area contributed by atoms with Gasteiger partial charge in [0.25, 0.3) is 0 Å². The fraction of sp³-hybridized carbons (Fsp3) is 0.286. The molecule has 2 aromatic rings. The van der Waals surface area contributed by atoms with Gasteiger partial charge in [0.1, 0.15) is 0 Å². The van der Waals surface area contributed by atoms with Crippen molar-refractivity contribution in [3.8, 4) is 0 Å². The molecule has 0 saturated carbocycles. The first-order chi connectivity index (χ1) is 9.06. The standard InChI is InChI=1S/C14H16N2O2S/c1-9-10(2)19-14(16-9)15-8-7-11-3-5-12(6-4-11)13(17)18/h3-6H,7-8H2,1-2H3,(H,15,16)(H,17,18). The molecule has 0 aliphatic rings. The van der Waals surface area contributed by atoms with E-state index in [0.717, 1.165) is 29.4 Å². The highest BCUT2D eigenvalue weighted by Crippen LogP contribution is 2.20. The average molecular weight is 276 g/mol. The Morgan fingerprint density at radius 1 is 1.32 bits per heavy atom. The van der Waals surface area contributed by atoms with Gasteiger partial charge in [-0.05, 0) is 38.0 Å². The molecule has 100 valence electrons. The van der Waals surface area contributed by atoms with Gasteiger partial charge in [-0.3, -0.25) is 0 Å². The molecule has 2 N–H and O–H groups in total. The van der Waals surface area contributed by atoms with Crippen LogP contribution in [0.1, 0.15) is 26.5 Å². The molecular formula is C14H16N2O2S. The highest BCUT2D eigenvalue weighted by atomic mass is 32.1. The number of thiazole rings is 1. The van der Waals surface area contributed by atoms with Crippen molar-refractivity contribution >= 4 is 22.4 Å². The van der Waals surface area contributed by atoms with Crippen LogP contribution in [-0.2, 0) is 6.42 Å². The van der Waals surface area contributed by atoms with Crippen molar-refractivity contribution in [3.63, 3.8) is 0 Å². The summed E-state index contributed by atoms with van der Waals surface area (Å²) in [7, 11) is 0. The quantitative estimate of drug-likeness (QED) is 0.880. The van der Waals surface area contributed by atoms with Crippen LogP contribution in [0.3, 0.4) is 0 Å². The Kier molecular flexibility index (Phi) is 4.16. The van der Waals surface area contributed by atoms with Gasteiger partial charge in [0.15, 0.2) is 5.13 Å². The zero-order valence-corrected chi connectivity index (χ0v) is 11.8. The van der Waals surface area contributed by atoms with Crippen LogP contribution in [0, 0.1) is 13.8 Å². The SMILES string of the molecule is Cc1nc(NCCc2ccc(C(=O)O)cc2)sc1C. The minimum Gasteiger partial charge on any atom is -0.478 e. The molecule has 0 atom stereocenters. The monoisotopic (exact) mass is 276 g/mol. The summed E-state index contributed by atoms with van der Waals surface area (Å²) in [6, 6.07) is 6.97. The van der Waals surface area contributed by atoms with Crippen LogP contribution < -0.4 is 5.32 Å². The van der Waals surface area contributed by atoms with E-state index in [4.69, 9.17) is 5.11 Å². The van der Waals surface area contributed by atoms with E-state index in [2.05, 4.69) is 17.2 Å². The summed E-state index contributed by atoms with van der Waals surface area (Å²) >= 11 is 1.66. The zero-order valence-electron chi connectivity index (χ0n) is 10.9. The smallest absolute Gasteiger partial charge is 0.335 e. The second-order valence-electron chi connectivity index (χ2n) is 4.34. The van der Waals surface area contributed by atoms with Crippen LogP contribution in [0.15, 0.2) is 24.3 Å². The van der Waals surface area contributed by atoms with Crippen LogP contribution >= 0.6 is 11.3 Å². The van der Waals surface area contributed by atoms with Crippen molar-refractivity contribution in [2.24, 2.45) is 0 Å². The molecule has 0 aliphatic carbocycles. The van der Waals surface area contributed by atoms with Crippen molar-refractivity contribution in [3.05, 3.63) is 46.0 Å². The highest BCUT2D eigenvalue weighted by molar-refractivity contribution is 7.15. The van der Waals surface area contributed by atoms with Crippen LogP contribution in [0.25, 0.3) is 0 Å². The van der Waals surface area contributed by atoms with E-state index in [1.54, 1.807) is 23.5 Å². The topological polar surface area (TPSA) is 62.2 Å². The van der Waals surface area contributed by atoms with Gasteiger partial charge < -0.3 is 10.4 Å². The maximum Gasteiger partial charge on any atom is 0.335 e. The molecule has 0 fully saturated rings. The molecule has 19 heavy (non-hydrogen) atoms. The molecular weight excluding hydrogens is 260 g/mol. The molecule has 0 bridgehead atoms. The second-order valence-corrected chi connectivity index (χ2v) is 5.54. The van der Waals surface area contributed by atoms with Gasteiger partial charge in [-0.15, -0.1) is 11.3 Å². The number of nitrogens with zero attached hydrogens (tertiary/aromatic N) is 1. The molecule has 0 aliphatic heterocycles. The van der Waals surface area contributed by atoms with E-state index in [1.165, 1.54) is 4.88 Å². The number of benzene rings is 1. The maximum absolute atomic E-state index is 10.7. The maximum atomic E-state index is 10.7. The number of hydrogen-bond acceptors (Lipinski definition) is 4. The third-order valence-electron chi connectivity index (χ3n) is 2.92. The number of carbonyl (C=O) groups is 1. The minimum absolute atomic E-state index is 0.322. The molecule has 1 heterocycles. The van der Waals surface area contributed by atoms with E-state index in [-0.39, 0.29) is 0 Å². The fourth-order valence-electron chi connectivity index (χ4n) is 1.68. The van der Waals surface area contributed by atoms with Gasteiger partial charge in [0, 0.05) is 11.4 Å². The van der Waals surface area contributed by atoms with Crippen LogP contribution in [-0.4, -0.2) is 22.6 Å². The number of carboxylic acid groups (broad SMARTS) is 1. The van der Waals surface area contributed by atoms with E-state index in [1.807, 2.05) is 19.1 Å². The Morgan fingerprint density at radius 2 is 2.00 bits per heavy atom. The summed E-state index contributed by atoms with van der Waals surface area (Å²) in [5, 5.41) is 13.0. The van der Waals surface area contributed by atoms with Gasteiger partial charge in [-0.2, -0.15) is 0 Å². The molecule has 0 radical (unpaired) electrons. The second kappa shape index (κ2) is 5.84. The van der Waals surface area contributed by atoms with Crippen molar-refractivity contribution in [1.82, 2.24) is 4.98 Å². The number of nitrogens with one attached hydrogen (secondary N) is 1. The largest absolute Gasteiger partial charge is 0.478 e. The molecule has 1 aromatic heterocycles. The average Bonchev–Trinajstić information content (AvgIpc) is 2.69. The normalized spacial score (nSPS) is 10.4. The molecule has 5 heteroatoms. The van der Waals surface area contributed by atoms with Crippen LogP contribution in [0.5, 0.6) is 0 Å². The number of carboxylic acids is 1. The van der Waals surface area contributed by atoms with E-state index in [0.29, 0.717) is 5.56 Å². The number of hydrogen-bond donors (Lipinski definition) is 2. The molecule has 0 spiro atoms. The van der Waals surface area contributed by atoms with E-state index in [9.17, 15) is 4.79 Å². The molecule has 4 nitrogen and oxygen atoms in total. The molecule has 1 aromatic carbocycles. The molecule has 0 amide bonds. The summed E-state index contributed by atoms with van der Waals surface area (Å²) in [4.78, 5) is 16.4. The van der Waals surface area contributed by atoms with Gasteiger partial charge >= 0.3 is 5.97 Å². The summed E-state index contributed by atoms with van der Waals surface area (Å²) in [5.74, 6) is -0.890. The van der Waals surface area contributed by atoms with Crippen molar-refractivity contribution in [1.29, 1.82) is 0 Å². The van der Waals surface area contributed by atoms with Gasteiger partial charge in [-0.25, -0.2) is 9.78 Å². The zero-order chi connectivity index (χ0) is 13.8. The number of anilines is 1. The van der Waals surface area contributed by atoms with Crippen molar-refractivity contribution in [2.75, 3.05) is 11.9 Å². The Hall–Kier alpha value is -1.88.